The zero-order valence-electron chi connectivity index (χ0n) is 14.1. The van der Waals surface area contributed by atoms with E-state index in [0.717, 1.165) is 32.1 Å². The van der Waals surface area contributed by atoms with Crippen LogP contribution in [0.5, 0.6) is 0 Å². The van der Waals surface area contributed by atoms with Gasteiger partial charge in [-0.1, -0.05) is 26.0 Å². The van der Waals surface area contributed by atoms with E-state index in [-0.39, 0.29) is 17.1 Å². The van der Waals surface area contributed by atoms with Crippen LogP contribution in [0.1, 0.15) is 53.4 Å². The molecule has 1 amide bonds. The molecule has 1 fully saturated rings. The molecule has 0 aromatic carbocycles. The van der Waals surface area contributed by atoms with Crippen molar-refractivity contribution in [2.45, 2.75) is 70.6 Å². The van der Waals surface area contributed by atoms with E-state index in [9.17, 15) is 9.90 Å². The zero-order chi connectivity index (χ0) is 16.1. The Labute approximate surface area is 129 Å². The lowest BCUT2D eigenvalue weighted by Gasteiger charge is -2.43. The molecule has 1 aliphatic carbocycles. The first-order chi connectivity index (χ1) is 9.76. The molecule has 2 N–H and O–H groups in total. The standard InChI is InChI=1S/C17H31NO3/c1-13(2)15(20)8-11-17(4,21-5)14-6-9-16(3,10-7-14)18-12-19/h8,11-15,20H,6-7,9-10H2,1-5H3,(H,18,19)/b11-8+/t14?,15-,16?,17?/m0/s1. The summed E-state index contributed by atoms with van der Waals surface area (Å²) in [6.45, 7) is 8.17. The van der Waals surface area contributed by atoms with E-state index in [0.29, 0.717) is 5.92 Å². The predicted octanol–water partition coefficient (Wildman–Crippen LogP) is 2.66. The van der Waals surface area contributed by atoms with Gasteiger partial charge in [-0.3, -0.25) is 4.79 Å². The van der Waals surface area contributed by atoms with Gasteiger partial charge in [0.25, 0.3) is 0 Å². The van der Waals surface area contributed by atoms with Crippen molar-refractivity contribution in [3.63, 3.8) is 0 Å². The number of ether oxygens (including phenoxy) is 1. The van der Waals surface area contributed by atoms with Crippen molar-refractivity contribution in [1.82, 2.24) is 5.32 Å². The molecule has 122 valence electrons. The molecule has 0 aromatic rings. The summed E-state index contributed by atoms with van der Waals surface area (Å²) < 4.78 is 5.75. The molecule has 0 aromatic heterocycles. The van der Waals surface area contributed by atoms with Crippen LogP contribution >= 0.6 is 0 Å². The fraction of sp³-hybridized carbons (Fsp3) is 0.824. The molecule has 21 heavy (non-hydrogen) atoms. The van der Waals surface area contributed by atoms with Crippen molar-refractivity contribution < 1.29 is 14.6 Å². The maximum Gasteiger partial charge on any atom is 0.207 e. The highest BCUT2D eigenvalue weighted by atomic mass is 16.5. The Bertz CT molecular complexity index is 359. The first-order valence-corrected chi connectivity index (χ1v) is 7.90. The Morgan fingerprint density at radius 2 is 1.95 bits per heavy atom. The summed E-state index contributed by atoms with van der Waals surface area (Å²) in [5.74, 6) is 0.605. The van der Waals surface area contributed by atoms with Crippen LogP contribution in [-0.2, 0) is 9.53 Å². The maximum absolute atomic E-state index is 10.7. The van der Waals surface area contributed by atoms with Crippen LogP contribution in [0.15, 0.2) is 12.2 Å². The van der Waals surface area contributed by atoms with Gasteiger partial charge in [-0.2, -0.15) is 0 Å². The lowest BCUT2D eigenvalue weighted by molar-refractivity contribution is -0.111. The molecular formula is C17H31NO3. The number of rotatable bonds is 7. The lowest BCUT2D eigenvalue weighted by Crippen LogP contribution is -2.48. The van der Waals surface area contributed by atoms with Crippen LogP contribution < -0.4 is 5.32 Å². The van der Waals surface area contributed by atoms with Gasteiger partial charge in [-0.25, -0.2) is 0 Å². The average molecular weight is 297 g/mol. The van der Waals surface area contributed by atoms with Gasteiger partial charge in [0, 0.05) is 12.6 Å². The van der Waals surface area contributed by atoms with Gasteiger partial charge in [0.15, 0.2) is 0 Å². The van der Waals surface area contributed by atoms with Crippen LogP contribution in [0.3, 0.4) is 0 Å². The summed E-state index contributed by atoms with van der Waals surface area (Å²) >= 11 is 0. The van der Waals surface area contributed by atoms with Gasteiger partial charge in [-0.05, 0) is 51.4 Å². The van der Waals surface area contributed by atoms with E-state index in [4.69, 9.17) is 4.74 Å². The van der Waals surface area contributed by atoms with E-state index >= 15 is 0 Å². The van der Waals surface area contributed by atoms with Crippen LogP contribution in [0.2, 0.25) is 0 Å². The summed E-state index contributed by atoms with van der Waals surface area (Å²) in [7, 11) is 1.73. The topological polar surface area (TPSA) is 58.6 Å². The van der Waals surface area contributed by atoms with Gasteiger partial charge < -0.3 is 15.2 Å². The molecule has 1 unspecified atom stereocenters. The number of aliphatic hydroxyl groups is 1. The number of amides is 1. The minimum Gasteiger partial charge on any atom is -0.389 e. The molecule has 0 spiro atoms. The summed E-state index contributed by atoms with van der Waals surface area (Å²) in [6.07, 6.45) is 8.14. The third-order valence-corrected chi connectivity index (χ3v) is 5.05. The van der Waals surface area contributed by atoms with Crippen molar-refractivity contribution in [1.29, 1.82) is 0 Å². The largest absolute Gasteiger partial charge is 0.389 e. The molecule has 4 heteroatoms. The third kappa shape index (κ3) is 4.82. The third-order valence-electron chi connectivity index (χ3n) is 5.05. The smallest absolute Gasteiger partial charge is 0.207 e. The monoisotopic (exact) mass is 297 g/mol. The fourth-order valence-electron chi connectivity index (χ4n) is 3.00. The quantitative estimate of drug-likeness (QED) is 0.561. The number of methoxy groups -OCH3 is 1. The Morgan fingerprint density at radius 1 is 1.38 bits per heavy atom. The molecule has 2 atom stereocenters. The fourth-order valence-corrected chi connectivity index (χ4v) is 3.00. The Morgan fingerprint density at radius 3 is 2.38 bits per heavy atom. The molecule has 0 heterocycles. The van der Waals surface area contributed by atoms with E-state index in [2.05, 4.69) is 19.2 Å². The van der Waals surface area contributed by atoms with Crippen LogP contribution in [0.25, 0.3) is 0 Å². The second kappa shape index (κ2) is 7.41. The minimum absolute atomic E-state index is 0.0892. The van der Waals surface area contributed by atoms with Gasteiger partial charge in [0.05, 0.1) is 11.7 Å². The van der Waals surface area contributed by atoms with Crippen molar-refractivity contribution in [3.8, 4) is 0 Å². The number of carbonyl (C=O) groups is 1. The lowest BCUT2D eigenvalue weighted by atomic mass is 9.71. The van der Waals surface area contributed by atoms with Crippen LogP contribution in [0, 0.1) is 11.8 Å². The van der Waals surface area contributed by atoms with Crippen molar-refractivity contribution in [2.75, 3.05) is 7.11 Å². The molecule has 1 saturated carbocycles. The Kier molecular flexibility index (Phi) is 6.41. The molecule has 0 saturated heterocycles. The van der Waals surface area contributed by atoms with E-state index in [1.54, 1.807) is 7.11 Å². The summed E-state index contributed by atoms with van der Waals surface area (Å²) in [6, 6.07) is 0. The van der Waals surface area contributed by atoms with Crippen LogP contribution in [-0.4, -0.2) is 35.9 Å². The second-order valence-corrected chi connectivity index (χ2v) is 7.08. The molecule has 1 aliphatic rings. The van der Waals surface area contributed by atoms with E-state index in [1.165, 1.54) is 0 Å². The molecule has 0 radical (unpaired) electrons. The Balaban J connectivity index is 2.71. The molecule has 0 aliphatic heterocycles. The highest BCUT2D eigenvalue weighted by Gasteiger charge is 2.39. The van der Waals surface area contributed by atoms with E-state index in [1.807, 2.05) is 26.0 Å². The maximum atomic E-state index is 10.7. The van der Waals surface area contributed by atoms with Crippen molar-refractivity contribution in [2.24, 2.45) is 11.8 Å². The SMILES string of the molecule is COC(C)(/C=C/[C@H](O)C(C)C)C1CCC(C)(NC=O)CC1. The molecule has 0 bridgehead atoms. The normalized spacial score (nSPS) is 31.1. The molecule has 1 rings (SSSR count). The predicted molar refractivity (Wildman–Crippen MR) is 85.0 cm³/mol. The summed E-state index contributed by atoms with van der Waals surface area (Å²) in [5.41, 5.74) is -0.452. The van der Waals surface area contributed by atoms with Crippen LogP contribution in [0.4, 0.5) is 0 Å². The van der Waals surface area contributed by atoms with E-state index < -0.39 is 6.10 Å². The number of nitrogens with one attached hydrogen (secondary N) is 1. The minimum atomic E-state index is -0.440. The zero-order valence-corrected chi connectivity index (χ0v) is 14.1. The summed E-state index contributed by atoms with van der Waals surface area (Å²) in [5, 5.41) is 12.9. The Hall–Kier alpha value is -0.870. The second-order valence-electron chi connectivity index (χ2n) is 7.08. The highest BCUT2D eigenvalue weighted by Crippen LogP contribution is 2.39. The van der Waals surface area contributed by atoms with Gasteiger partial charge >= 0.3 is 0 Å². The van der Waals surface area contributed by atoms with Gasteiger partial charge in [0.1, 0.15) is 0 Å². The van der Waals surface area contributed by atoms with Crippen molar-refractivity contribution in [3.05, 3.63) is 12.2 Å². The van der Waals surface area contributed by atoms with Gasteiger partial charge in [-0.15, -0.1) is 0 Å². The number of hydrogen-bond acceptors (Lipinski definition) is 3. The first-order valence-electron chi connectivity index (χ1n) is 7.90. The van der Waals surface area contributed by atoms with Crippen molar-refractivity contribution >= 4 is 6.41 Å². The highest BCUT2D eigenvalue weighted by molar-refractivity contribution is 5.47. The number of hydrogen-bond donors (Lipinski definition) is 2. The van der Waals surface area contributed by atoms with Gasteiger partial charge in [0.2, 0.25) is 6.41 Å². The molecule has 4 nitrogen and oxygen atoms in total. The number of aliphatic hydroxyl groups excluding tert-OH is 1. The number of carbonyl (C=O) groups excluding carboxylic acids is 1. The average Bonchev–Trinajstić information content (AvgIpc) is 2.45. The summed E-state index contributed by atoms with van der Waals surface area (Å²) in [4.78, 5) is 10.7. The first kappa shape index (κ1) is 18.2. The molecular weight excluding hydrogens is 266 g/mol.